The highest BCUT2D eigenvalue weighted by atomic mass is 16.3. The highest BCUT2D eigenvalue weighted by Crippen LogP contribution is 2.51. The normalized spacial score (nSPS) is 24.8. The Morgan fingerprint density at radius 1 is 1.22 bits per heavy atom. The second kappa shape index (κ2) is 7.67. The van der Waals surface area contributed by atoms with Crippen LogP contribution in [-0.4, -0.2) is 53.9 Å². The quantitative estimate of drug-likeness (QED) is 0.438. The van der Waals surface area contributed by atoms with Crippen LogP contribution >= 0.6 is 0 Å². The third-order valence-electron chi connectivity index (χ3n) is 6.79. The van der Waals surface area contributed by atoms with Gasteiger partial charge in [-0.05, 0) is 43.4 Å². The third kappa shape index (κ3) is 3.07. The first kappa shape index (κ1) is 21.9. The Morgan fingerprint density at radius 2 is 1.91 bits per heavy atom. The molecular formula is C23H27N3O6. The van der Waals surface area contributed by atoms with E-state index in [0.717, 1.165) is 5.69 Å². The summed E-state index contributed by atoms with van der Waals surface area (Å²) in [5.41, 5.74) is 7.02. The molecule has 9 nitrogen and oxygen atoms in total. The summed E-state index contributed by atoms with van der Waals surface area (Å²) in [6, 6.07) is 1.84. The van der Waals surface area contributed by atoms with Crippen molar-refractivity contribution in [3.05, 3.63) is 45.4 Å². The fourth-order valence-corrected chi connectivity index (χ4v) is 5.47. The zero-order valence-corrected chi connectivity index (χ0v) is 18.2. The summed E-state index contributed by atoms with van der Waals surface area (Å²) in [6.45, 7) is 0.344. The van der Waals surface area contributed by atoms with Crippen molar-refractivity contribution in [1.29, 1.82) is 0 Å². The standard InChI is InChI=1S/C23H27N3O6/c1-25-8-11-6-13(26(2)3)12-5-9-4-10-7-14(27)18(23(24)32)22(31)16(10)20(29)15(9)21(30)17(12)19(11)28/h6,9-10,16,25,27-29H,4-5,7-8H2,1-3H3,(H2,24,32). The van der Waals surface area contributed by atoms with Crippen molar-refractivity contribution >= 4 is 23.2 Å². The first-order valence-corrected chi connectivity index (χ1v) is 10.5. The molecule has 9 heteroatoms. The molecule has 1 aromatic carbocycles. The number of hydrogen-bond acceptors (Lipinski definition) is 8. The van der Waals surface area contributed by atoms with Gasteiger partial charge in [0.05, 0.1) is 11.5 Å². The summed E-state index contributed by atoms with van der Waals surface area (Å²) in [6.07, 6.45) is 0.797. The Labute approximate surface area is 185 Å². The molecule has 3 unspecified atom stereocenters. The zero-order chi connectivity index (χ0) is 23.5. The van der Waals surface area contributed by atoms with Gasteiger partial charge in [0.1, 0.15) is 22.8 Å². The summed E-state index contributed by atoms with van der Waals surface area (Å²) < 4.78 is 0. The number of phenolic OH excluding ortho intramolecular Hbond substituents is 1. The van der Waals surface area contributed by atoms with E-state index in [2.05, 4.69) is 5.32 Å². The number of phenols is 1. The number of Topliss-reactive ketones (excluding diaryl/α,β-unsaturated/α-hetero) is 2. The van der Waals surface area contributed by atoms with Crippen LogP contribution in [0.25, 0.3) is 0 Å². The van der Waals surface area contributed by atoms with Crippen molar-refractivity contribution in [2.75, 3.05) is 26.0 Å². The highest BCUT2D eigenvalue weighted by Gasteiger charge is 2.50. The van der Waals surface area contributed by atoms with Crippen LogP contribution in [-0.2, 0) is 22.6 Å². The largest absolute Gasteiger partial charge is 0.511 e. The molecule has 32 heavy (non-hydrogen) atoms. The first-order valence-electron chi connectivity index (χ1n) is 10.5. The molecule has 3 atom stereocenters. The van der Waals surface area contributed by atoms with Crippen LogP contribution < -0.4 is 16.0 Å². The van der Waals surface area contributed by atoms with Gasteiger partial charge in [-0.1, -0.05) is 0 Å². The number of nitrogens with zero attached hydrogens (tertiary/aromatic N) is 1. The molecule has 0 saturated heterocycles. The molecule has 1 amide bonds. The maximum Gasteiger partial charge on any atom is 0.255 e. The number of nitrogens with one attached hydrogen (secondary N) is 1. The van der Waals surface area contributed by atoms with E-state index in [-0.39, 0.29) is 40.7 Å². The maximum absolute atomic E-state index is 13.6. The van der Waals surface area contributed by atoms with Gasteiger partial charge in [0.25, 0.3) is 5.91 Å². The van der Waals surface area contributed by atoms with E-state index >= 15 is 0 Å². The SMILES string of the molecule is CNCc1cc(N(C)C)c2c(c1O)C(=O)C1=C(O)C3C(=O)C(C(N)=O)=C(O)CC3CC1C2. The lowest BCUT2D eigenvalue weighted by Crippen LogP contribution is -2.43. The Morgan fingerprint density at radius 3 is 2.50 bits per heavy atom. The van der Waals surface area contributed by atoms with Gasteiger partial charge in [0, 0.05) is 43.9 Å². The summed E-state index contributed by atoms with van der Waals surface area (Å²) in [7, 11) is 5.44. The Kier molecular flexibility index (Phi) is 5.24. The lowest BCUT2D eigenvalue weighted by Gasteiger charge is -2.41. The van der Waals surface area contributed by atoms with Crippen molar-refractivity contribution in [2.45, 2.75) is 25.8 Å². The number of nitrogens with two attached hydrogens (primary N) is 1. The molecule has 0 aliphatic heterocycles. The lowest BCUT2D eigenvalue weighted by atomic mass is 9.62. The van der Waals surface area contributed by atoms with E-state index in [1.807, 2.05) is 25.1 Å². The lowest BCUT2D eigenvalue weighted by molar-refractivity contribution is -0.126. The van der Waals surface area contributed by atoms with E-state index in [9.17, 15) is 29.7 Å². The summed E-state index contributed by atoms with van der Waals surface area (Å²) in [4.78, 5) is 40.1. The van der Waals surface area contributed by atoms with Crippen molar-refractivity contribution in [3.63, 3.8) is 0 Å². The van der Waals surface area contributed by atoms with Gasteiger partial charge < -0.3 is 31.3 Å². The molecule has 0 radical (unpaired) electrons. The number of anilines is 1. The number of hydrogen-bond donors (Lipinski definition) is 5. The van der Waals surface area contributed by atoms with Gasteiger partial charge in [-0.2, -0.15) is 0 Å². The number of amides is 1. The average molecular weight is 441 g/mol. The zero-order valence-electron chi connectivity index (χ0n) is 18.2. The fraction of sp³-hybridized carbons (Fsp3) is 0.435. The predicted molar refractivity (Wildman–Crippen MR) is 116 cm³/mol. The topological polar surface area (TPSA) is 153 Å². The number of benzene rings is 1. The number of allylic oxidation sites excluding steroid dienone is 3. The van der Waals surface area contributed by atoms with E-state index in [1.54, 1.807) is 7.05 Å². The number of ketones is 2. The van der Waals surface area contributed by atoms with Crippen LogP contribution in [0.3, 0.4) is 0 Å². The molecule has 4 rings (SSSR count). The molecular weight excluding hydrogens is 414 g/mol. The molecule has 170 valence electrons. The number of carbonyl (C=O) groups excluding carboxylic acids is 3. The molecule has 3 aliphatic carbocycles. The minimum absolute atomic E-state index is 0.0243. The fourth-order valence-electron chi connectivity index (χ4n) is 5.47. The number of fused-ring (bicyclic) bond motifs is 3. The molecule has 0 bridgehead atoms. The van der Waals surface area contributed by atoms with Crippen LogP contribution in [0.5, 0.6) is 5.75 Å². The Hall–Kier alpha value is -3.33. The number of aliphatic hydroxyl groups excluding tert-OH is 2. The molecule has 0 heterocycles. The van der Waals surface area contributed by atoms with Crippen LogP contribution in [0, 0.1) is 17.8 Å². The van der Waals surface area contributed by atoms with Gasteiger partial charge in [0.2, 0.25) is 0 Å². The molecule has 1 aromatic rings. The first-order chi connectivity index (χ1) is 15.1. The molecule has 6 N–H and O–H groups in total. The Bertz CT molecular complexity index is 1120. The average Bonchev–Trinajstić information content (AvgIpc) is 2.68. The molecule has 0 aromatic heterocycles. The van der Waals surface area contributed by atoms with Gasteiger partial charge in [-0.15, -0.1) is 0 Å². The summed E-state index contributed by atoms with van der Waals surface area (Å²) >= 11 is 0. The van der Waals surface area contributed by atoms with E-state index in [0.29, 0.717) is 30.5 Å². The van der Waals surface area contributed by atoms with Crippen LogP contribution in [0.1, 0.15) is 34.3 Å². The smallest absolute Gasteiger partial charge is 0.255 e. The van der Waals surface area contributed by atoms with Crippen LogP contribution in [0.4, 0.5) is 5.69 Å². The summed E-state index contributed by atoms with van der Waals surface area (Å²) in [5.74, 6) is -5.18. The van der Waals surface area contributed by atoms with Gasteiger partial charge in [-0.25, -0.2) is 0 Å². The summed E-state index contributed by atoms with van der Waals surface area (Å²) in [5, 5.41) is 35.2. The Balaban J connectivity index is 1.88. The van der Waals surface area contributed by atoms with Crippen LogP contribution in [0.15, 0.2) is 28.7 Å². The second-order valence-electron chi connectivity index (χ2n) is 8.94. The highest BCUT2D eigenvalue weighted by molar-refractivity contribution is 6.22. The minimum atomic E-state index is -1.11. The number of carbonyl (C=O) groups is 3. The maximum atomic E-state index is 13.6. The predicted octanol–water partition coefficient (Wildman–Crippen LogP) is 1.25. The molecule has 0 spiro atoms. The third-order valence-corrected chi connectivity index (χ3v) is 6.79. The van der Waals surface area contributed by atoms with Crippen LogP contribution in [0.2, 0.25) is 0 Å². The number of rotatable bonds is 4. The van der Waals surface area contributed by atoms with Gasteiger partial charge in [0.15, 0.2) is 11.6 Å². The second-order valence-corrected chi connectivity index (χ2v) is 8.94. The minimum Gasteiger partial charge on any atom is -0.511 e. The van der Waals surface area contributed by atoms with Crippen molar-refractivity contribution in [1.82, 2.24) is 5.32 Å². The van der Waals surface area contributed by atoms with E-state index in [4.69, 9.17) is 5.73 Å². The number of primary amides is 1. The van der Waals surface area contributed by atoms with Crippen molar-refractivity contribution in [2.24, 2.45) is 23.5 Å². The van der Waals surface area contributed by atoms with Gasteiger partial charge >= 0.3 is 0 Å². The number of aliphatic hydroxyl groups is 2. The molecule has 0 fully saturated rings. The van der Waals surface area contributed by atoms with Gasteiger partial charge in [-0.3, -0.25) is 14.4 Å². The van der Waals surface area contributed by atoms with E-state index in [1.165, 1.54) is 0 Å². The number of aromatic hydroxyl groups is 1. The monoisotopic (exact) mass is 441 g/mol. The van der Waals surface area contributed by atoms with Crippen molar-refractivity contribution in [3.8, 4) is 5.75 Å². The molecule has 0 saturated carbocycles. The molecule has 3 aliphatic rings. The van der Waals surface area contributed by atoms with E-state index < -0.39 is 34.9 Å². The van der Waals surface area contributed by atoms with Crippen molar-refractivity contribution < 1.29 is 29.7 Å².